The van der Waals surface area contributed by atoms with Gasteiger partial charge in [0.25, 0.3) is 0 Å². The van der Waals surface area contributed by atoms with Crippen molar-refractivity contribution in [2.24, 2.45) is 0 Å². The van der Waals surface area contributed by atoms with E-state index in [1.807, 2.05) is 12.1 Å². The minimum absolute atomic E-state index is 0.0461. The van der Waals surface area contributed by atoms with Gasteiger partial charge in [-0.3, -0.25) is 4.79 Å². The van der Waals surface area contributed by atoms with Crippen molar-refractivity contribution in [3.05, 3.63) is 20.8 Å². The van der Waals surface area contributed by atoms with E-state index in [-0.39, 0.29) is 5.91 Å². The molecule has 0 radical (unpaired) electrons. The van der Waals surface area contributed by atoms with Crippen molar-refractivity contribution in [1.29, 1.82) is 0 Å². The van der Waals surface area contributed by atoms with Crippen LogP contribution < -0.4 is 10.6 Å². The molecule has 0 fully saturated rings. The van der Waals surface area contributed by atoms with Gasteiger partial charge < -0.3 is 10.6 Å². The predicted octanol–water partition coefficient (Wildman–Crippen LogP) is 2.51. The topological polar surface area (TPSA) is 41.1 Å². The molecule has 0 aliphatic carbocycles. The Balaban J connectivity index is 2.20. The average Bonchev–Trinajstić information content (AvgIpc) is 2.69. The number of rotatable bonds is 6. The van der Waals surface area contributed by atoms with E-state index in [1.54, 1.807) is 11.3 Å². The molecule has 0 aliphatic heterocycles. The van der Waals surface area contributed by atoms with Gasteiger partial charge in [-0.15, -0.1) is 11.3 Å². The molecule has 0 spiro atoms. The summed E-state index contributed by atoms with van der Waals surface area (Å²) in [4.78, 5) is 12.6. The molecule has 3 nitrogen and oxygen atoms in total. The second-order valence-corrected chi connectivity index (χ2v) is 6.22. The number of halogens is 1. The molecule has 1 amide bonds. The fourth-order valence-electron chi connectivity index (χ4n) is 1.11. The zero-order valence-corrected chi connectivity index (χ0v) is 12.0. The Morgan fingerprint density at radius 3 is 2.88 bits per heavy atom. The molecule has 1 heterocycles. The summed E-state index contributed by atoms with van der Waals surface area (Å²) in [7, 11) is 0. The Morgan fingerprint density at radius 2 is 2.31 bits per heavy atom. The summed E-state index contributed by atoms with van der Waals surface area (Å²) in [6, 6.07) is 4.39. The van der Waals surface area contributed by atoms with Gasteiger partial charge in [-0.1, -0.05) is 6.92 Å². The molecule has 0 aromatic carbocycles. The summed E-state index contributed by atoms with van der Waals surface area (Å²) in [6.07, 6.45) is 1.03. The van der Waals surface area contributed by atoms with Crippen LogP contribution in [0.4, 0.5) is 0 Å². The first-order valence-electron chi connectivity index (χ1n) is 5.36. The van der Waals surface area contributed by atoms with Crippen LogP contribution in [-0.4, -0.2) is 18.5 Å². The normalized spacial score (nSPS) is 12.4. The highest BCUT2D eigenvalue weighted by atomic mass is 79.9. The van der Waals surface area contributed by atoms with Crippen LogP contribution in [-0.2, 0) is 11.3 Å². The van der Waals surface area contributed by atoms with Crippen molar-refractivity contribution in [2.75, 3.05) is 6.54 Å². The quantitative estimate of drug-likeness (QED) is 0.848. The van der Waals surface area contributed by atoms with E-state index in [0.29, 0.717) is 19.1 Å². The van der Waals surface area contributed by atoms with Crippen molar-refractivity contribution in [1.82, 2.24) is 10.6 Å². The number of carbonyl (C=O) groups excluding carboxylic acids is 1. The van der Waals surface area contributed by atoms with Crippen LogP contribution in [0.25, 0.3) is 0 Å². The number of thiophene rings is 1. The van der Waals surface area contributed by atoms with Gasteiger partial charge in [0, 0.05) is 10.9 Å². The maximum atomic E-state index is 11.5. The molecule has 0 aliphatic rings. The monoisotopic (exact) mass is 304 g/mol. The molecule has 90 valence electrons. The highest BCUT2D eigenvalue weighted by Crippen LogP contribution is 2.21. The molecule has 1 rings (SSSR count). The number of hydrogen-bond acceptors (Lipinski definition) is 3. The molecule has 2 N–H and O–H groups in total. The number of hydrogen-bond donors (Lipinski definition) is 2. The Bertz CT molecular complexity index is 340. The summed E-state index contributed by atoms with van der Waals surface area (Å²) in [5.41, 5.74) is 0. The fourth-order valence-corrected chi connectivity index (χ4v) is 2.53. The summed E-state index contributed by atoms with van der Waals surface area (Å²) < 4.78 is 1.09. The third-order valence-corrected chi connectivity index (χ3v) is 3.94. The minimum Gasteiger partial charge on any atom is -0.350 e. The van der Waals surface area contributed by atoms with E-state index in [4.69, 9.17) is 0 Å². The van der Waals surface area contributed by atoms with E-state index in [0.717, 1.165) is 15.1 Å². The van der Waals surface area contributed by atoms with Crippen LogP contribution in [0.15, 0.2) is 15.9 Å². The molecule has 0 saturated carbocycles. The van der Waals surface area contributed by atoms with Gasteiger partial charge >= 0.3 is 0 Å². The van der Waals surface area contributed by atoms with Crippen LogP contribution in [0.3, 0.4) is 0 Å². The third kappa shape index (κ3) is 5.09. The maximum Gasteiger partial charge on any atom is 0.234 e. The molecule has 1 aromatic rings. The highest BCUT2D eigenvalue weighted by Gasteiger charge is 2.04. The smallest absolute Gasteiger partial charge is 0.234 e. The average molecular weight is 305 g/mol. The van der Waals surface area contributed by atoms with Crippen molar-refractivity contribution >= 4 is 33.2 Å². The Labute approximate surface area is 109 Å². The molecule has 0 saturated heterocycles. The minimum atomic E-state index is 0.0461. The zero-order chi connectivity index (χ0) is 12.0. The Kier molecular flexibility index (Phi) is 6.01. The molecule has 1 unspecified atom stereocenters. The van der Waals surface area contributed by atoms with Gasteiger partial charge in [-0.2, -0.15) is 0 Å². The fraction of sp³-hybridized carbons (Fsp3) is 0.545. The van der Waals surface area contributed by atoms with Crippen LogP contribution >= 0.6 is 27.3 Å². The first kappa shape index (κ1) is 13.7. The van der Waals surface area contributed by atoms with Gasteiger partial charge in [0.05, 0.1) is 16.9 Å². The SMILES string of the molecule is CCC(C)NCC(=O)NCc1ccc(Br)s1. The lowest BCUT2D eigenvalue weighted by Crippen LogP contribution is -2.37. The lowest BCUT2D eigenvalue weighted by molar-refractivity contribution is -0.120. The summed E-state index contributed by atoms with van der Waals surface area (Å²) in [5, 5.41) is 6.04. The standard InChI is InChI=1S/C11H17BrN2OS/c1-3-8(2)13-7-11(15)14-6-9-4-5-10(12)16-9/h4-5,8,13H,3,6-7H2,1-2H3,(H,14,15). The van der Waals surface area contributed by atoms with Crippen LogP contribution in [0, 0.1) is 0 Å². The van der Waals surface area contributed by atoms with E-state index >= 15 is 0 Å². The van der Waals surface area contributed by atoms with Crippen molar-refractivity contribution < 1.29 is 4.79 Å². The summed E-state index contributed by atoms with van der Waals surface area (Å²) in [6.45, 7) is 5.17. The first-order valence-corrected chi connectivity index (χ1v) is 6.97. The van der Waals surface area contributed by atoms with Gasteiger partial charge in [-0.25, -0.2) is 0 Å². The summed E-state index contributed by atoms with van der Waals surface area (Å²) in [5.74, 6) is 0.0461. The van der Waals surface area contributed by atoms with Gasteiger partial charge in [0.1, 0.15) is 0 Å². The van der Waals surface area contributed by atoms with Crippen LogP contribution in [0.5, 0.6) is 0 Å². The highest BCUT2D eigenvalue weighted by molar-refractivity contribution is 9.11. The number of nitrogens with one attached hydrogen (secondary N) is 2. The molecule has 5 heteroatoms. The predicted molar refractivity (Wildman–Crippen MR) is 71.6 cm³/mol. The van der Waals surface area contributed by atoms with E-state index in [9.17, 15) is 4.79 Å². The molecule has 1 atom stereocenters. The van der Waals surface area contributed by atoms with E-state index in [2.05, 4.69) is 40.4 Å². The second kappa shape index (κ2) is 7.04. The number of amides is 1. The molecular weight excluding hydrogens is 288 g/mol. The van der Waals surface area contributed by atoms with Crippen LogP contribution in [0.2, 0.25) is 0 Å². The van der Waals surface area contributed by atoms with Gasteiger partial charge in [0.2, 0.25) is 5.91 Å². The van der Waals surface area contributed by atoms with E-state index in [1.165, 1.54) is 0 Å². The van der Waals surface area contributed by atoms with Crippen molar-refractivity contribution in [3.8, 4) is 0 Å². The third-order valence-electron chi connectivity index (χ3n) is 2.31. The summed E-state index contributed by atoms with van der Waals surface area (Å²) >= 11 is 5.03. The van der Waals surface area contributed by atoms with Gasteiger partial charge in [0.15, 0.2) is 0 Å². The zero-order valence-electron chi connectivity index (χ0n) is 9.55. The Morgan fingerprint density at radius 1 is 1.56 bits per heavy atom. The molecule has 1 aromatic heterocycles. The first-order chi connectivity index (χ1) is 7.61. The maximum absolute atomic E-state index is 11.5. The Hall–Kier alpha value is -0.390. The molecule has 16 heavy (non-hydrogen) atoms. The second-order valence-electron chi connectivity index (χ2n) is 3.67. The lowest BCUT2D eigenvalue weighted by atomic mass is 10.2. The van der Waals surface area contributed by atoms with E-state index < -0.39 is 0 Å². The molecule has 0 bridgehead atoms. The van der Waals surface area contributed by atoms with Crippen molar-refractivity contribution in [2.45, 2.75) is 32.9 Å². The van der Waals surface area contributed by atoms with Crippen LogP contribution in [0.1, 0.15) is 25.1 Å². The molecular formula is C11H17BrN2OS. The lowest BCUT2D eigenvalue weighted by Gasteiger charge is -2.10. The number of carbonyl (C=O) groups is 1. The van der Waals surface area contributed by atoms with Gasteiger partial charge in [-0.05, 0) is 41.4 Å². The largest absolute Gasteiger partial charge is 0.350 e. The van der Waals surface area contributed by atoms with Crippen molar-refractivity contribution in [3.63, 3.8) is 0 Å².